The molecule has 0 aliphatic heterocycles. The van der Waals surface area contributed by atoms with Crippen LogP contribution in [0.5, 0.6) is 11.5 Å². The van der Waals surface area contributed by atoms with Crippen LogP contribution in [0.25, 0.3) is 0 Å². The molecule has 5 nitrogen and oxygen atoms in total. The molecule has 1 unspecified atom stereocenters. The fraction of sp³-hybridized carbons (Fsp3) is 0.533. The predicted molar refractivity (Wildman–Crippen MR) is 79.3 cm³/mol. The lowest BCUT2D eigenvalue weighted by molar-refractivity contribution is -0.121. The van der Waals surface area contributed by atoms with Gasteiger partial charge in [0.05, 0.1) is 20.3 Å². The Morgan fingerprint density at radius 1 is 1.25 bits per heavy atom. The van der Waals surface area contributed by atoms with Crippen LogP contribution in [-0.2, 0) is 4.79 Å². The molecule has 0 bridgehead atoms. The van der Waals surface area contributed by atoms with E-state index in [1.807, 2.05) is 32.0 Å². The van der Waals surface area contributed by atoms with Crippen molar-refractivity contribution in [3.63, 3.8) is 0 Å². The predicted octanol–water partition coefficient (Wildman–Crippen LogP) is 1.88. The van der Waals surface area contributed by atoms with Gasteiger partial charge >= 0.3 is 0 Å². The molecule has 0 fully saturated rings. The lowest BCUT2D eigenvalue weighted by atomic mass is 10.1. The van der Waals surface area contributed by atoms with Crippen LogP contribution >= 0.6 is 0 Å². The van der Waals surface area contributed by atoms with E-state index in [9.17, 15) is 4.79 Å². The van der Waals surface area contributed by atoms with Crippen LogP contribution in [0.1, 0.15) is 31.9 Å². The topological polar surface area (TPSA) is 59.6 Å². The number of nitrogens with one attached hydrogen (secondary N) is 2. The molecule has 0 aliphatic rings. The third-order valence-electron chi connectivity index (χ3n) is 3.06. The lowest BCUT2D eigenvalue weighted by Crippen LogP contribution is -2.29. The average molecular weight is 280 g/mol. The summed E-state index contributed by atoms with van der Waals surface area (Å²) in [4.78, 5) is 11.8. The Morgan fingerprint density at radius 3 is 2.55 bits per heavy atom. The second-order valence-corrected chi connectivity index (χ2v) is 4.51. The summed E-state index contributed by atoms with van der Waals surface area (Å²) in [6.45, 7) is 5.54. The van der Waals surface area contributed by atoms with Crippen LogP contribution in [0.4, 0.5) is 0 Å². The zero-order valence-electron chi connectivity index (χ0n) is 12.7. The smallest absolute Gasteiger partial charge is 0.221 e. The summed E-state index contributed by atoms with van der Waals surface area (Å²) in [5.74, 6) is 1.38. The van der Waals surface area contributed by atoms with Gasteiger partial charge in [-0.2, -0.15) is 0 Å². The van der Waals surface area contributed by atoms with Crippen molar-refractivity contribution in [3.05, 3.63) is 23.8 Å². The molecular weight excluding hydrogens is 256 g/mol. The van der Waals surface area contributed by atoms with Gasteiger partial charge in [0.25, 0.3) is 0 Å². The number of hydrogen-bond donors (Lipinski definition) is 2. The average Bonchev–Trinajstić information content (AvgIpc) is 2.46. The molecule has 0 radical (unpaired) electrons. The van der Waals surface area contributed by atoms with Crippen LogP contribution < -0.4 is 20.1 Å². The van der Waals surface area contributed by atoms with Gasteiger partial charge in [-0.15, -0.1) is 0 Å². The summed E-state index contributed by atoms with van der Waals surface area (Å²) in [7, 11) is 3.20. The van der Waals surface area contributed by atoms with Crippen molar-refractivity contribution in [2.24, 2.45) is 0 Å². The van der Waals surface area contributed by atoms with Gasteiger partial charge in [0, 0.05) is 13.0 Å². The molecule has 0 aliphatic carbocycles. The number of amides is 1. The molecular formula is C15H24N2O3. The van der Waals surface area contributed by atoms with E-state index in [-0.39, 0.29) is 11.9 Å². The number of rotatable bonds is 8. The molecule has 2 N–H and O–H groups in total. The Labute approximate surface area is 120 Å². The standard InChI is InChI=1S/C15H24N2O3/c1-5-16-9-8-15(18)17-11(2)12-6-7-13(19-3)14(10-12)20-4/h6-7,10-11,16H,5,8-9H2,1-4H3,(H,17,18). The van der Waals surface area contributed by atoms with Crippen molar-refractivity contribution in [2.75, 3.05) is 27.3 Å². The van der Waals surface area contributed by atoms with Crippen molar-refractivity contribution in [1.29, 1.82) is 0 Å². The molecule has 0 heterocycles. The van der Waals surface area contributed by atoms with E-state index in [2.05, 4.69) is 10.6 Å². The first kappa shape index (κ1) is 16.3. The summed E-state index contributed by atoms with van der Waals surface area (Å²) >= 11 is 0. The monoisotopic (exact) mass is 280 g/mol. The maximum atomic E-state index is 11.8. The zero-order valence-corrected chi connectivity index (χ0v) is 12.7. The van der Waals surface area contributed by atoms with Gasteiger partial charge < -0.3 is 20.1 Å². The van der Waals surface area contributed by atoms with E-state index in [0.29, 0.717) is 24.5 Å². The van der Waals surface area contributed by atoms with Crippen LogP contribution in [-0.4, -0.2) is 33.2 Å². The number of carbonyl (C=O) groups is 1. The highest BCUT2D eigenvalue weighted by molar-refractivity contribution is 5.76. The third-order valence-corrected chi connectivity index (χ3v) is 3.06. The Morgan fingerprint density at radius 2 is 1.95 bits per heavy atom. The molecule has 0 saturated heterocycles. The number of hydrogen-bond acceptors (Lipinski definition) is 4. The lowest BCUT2D eigenvalue weighted by Gasteiger charge is -2.16. The van der Waals surface area contributed by atoms with Crippen molar-refractivity contribution < 1.29 is 14.3 Å². The molecule has 0 aromatic heterocycles. The fourth-order valence-electron chi connectivity index (χ4n) is 1.90. The molecule has 0 saturated carbocycles. The van der Waals surface area contributed by atoms with Crippen molar-refractivity contribution in [2.45, 2.75) is 26.3 Å². The molecule has 1 aromatic carbocycles. The summed E-state index contributed by atoms with van der Waals surface area (Å²) in [5.41, 5.74) is 0.986. The molecule has 112 valence electrons. The SMILES string of the molecule is CCNCCC(=O)NC(C)c1ccc(OC)c(OC)c1. The third kappa shape index (κ3) is 4.74. The molecule has 20 heavy (non-hydrogen) atoms. The van der Waals surface area contributed by atoms with Crippen LogP contribution in [0.3, 0.4) is 0 Å². The van der Waals surface area contributed by atoms with Gasteiger partial charge in [-0.05, 0) is 31.2 Å². The van der Waals surface area contributed by atoms with E-state index in [1.54, 1.807) is 14.2 Å². The molecule has 1 aromatic rings. The highest BCUT2D eigenvalue weighted by atomic mass is 16.5. The second-order valence-electron chi connectivity index (χ2n) is 4.51. The summed E-state index contributed by atoms with van der Waals surface area (Å²) in [6.07, 6.45) is 0.478. The zero-order chi connectivity index (χ0) is 15.0. The second kappa shape index (κ2) is 8.43. The fourth-order valence-corrected chi connectivity index (χ4v) is 1.90. The van der Waals surface area contributed by atoms with Gasteiger partial charge in [-0.1, -0.05) is 13.0 Å². The van der Waals surface area contributed by atoms with E-state index < -0.39 is 0 Å². The van der Waals surface area contributed by atoms with Crippen molar-refractivity contribution in [3.8, 4) is 11.5 Å². The van der Waals surface area contributed by atoms with Gasteiger partial charge in [0.15, 0.2) is 11.5 Å². The quantitative estimate of drug-likeness (QED) is 0.714. The summed E-state index contributed by atoms with van der Waals surface area (Å²) in [5, 5.41) is 6.10. The van der Waals surface area contributed by atoms with Crippen LogP contribution in [0.2, 0.25) is 0 Å². The van der Waals surface area contributed by atoms with Gasteiger partial charge in [0.2, 0.25) is 5.91 Å². The number of methoxy groups -OCH3 is 2. The van der Waals surface area contributed by atoms with E-state index in [4.69, 9.17) is 9.47 Å². The first-order valence-corrected chi connectivity index (χ1v) is 6.84. The minimum atomic E-state index is -0.0658. The normalized spacial score (nSPS) is 11.8. The Balaban J connectivity index is 2.63. The summed E-state index contributed by atoms with van der Waals surface area (Å²) in [6, 6.07) is 5.59. The first-order valence-electron chi connectivity index (χ1n) is 6.84. The largest absolute Gasteiger partial charge is 0.493 e. The van der Waals surface area contributed by atoms with Crippen molar-refractivity contribution in [1.82, 2.24) is 10.6 Å². The minimum absolute atomic E-state index is 0.0354. The highest BCUT2D eigenvalue weighted by Gasteiger charge is 2.12. The Kier molecular flexibility index (Phi) is 6.87. The molecule has 1 rings (SSSR count). The molecule has 1 atom stereocenters. The van der Waals surface area contributed by atoms with Gasteiger partial charge in [0.1, 0.15) is 0 Å². The maximum absolute atomic E-state index is 11.8. The highest BCUT2D eigenvalue weighted by Crippen LogP contribution is 2.29. The van der Waals surface area contributed by atoms with Gasteiger partial charge in [-0.25, -0.2) is 0 Å². The summed E-state index contributed by atoms with van der Waals surface area (Å²) < 4.78 is 10.5. The number of carbonyl (C=O) groups excluding carboxylic acids is 1. The Bertz CT molecular complexity index is 435. The number of ether oxygens (including phenoxy) is 2. The van der Waals surface area contributed by atoms with Crippen LogP contribution in [0, 0.1) is 0 Å². The number of benzene rings is 1. The maximum Gasteiger partial charge on any atom is 0.221 e. The van der Waals surface area contributed by atoms with E-state index >= 15 is 0 Å². The van der Waals surface area contributed by atoms with E-state index in [0.717, 1.165) is 12.1 Å². The Hall–Kier alpha value is -1.75. The first-order chi connectivity index (χ1) is 9.62. The molecule has 5 heteroatoms. The van der Waals surface area contributed by atoms with Crippen molar-refractivity contribution >= 4 is 5.91 Å². The molecule has 0 spiro atoms. The molecule has 1 amide bonds. The minimum Gasteiger partial charge on any atom is -0.493 e. The van der Waals surface area contributed by atoms with E-state index in [1.165, 1.54) is 0 Å². The van der Waals surface area contributed by atoms with Gasteiger partial charge in [-0.3, -0.25) is 4.79 Å². The van der Waals surface area contributed by atoms with Crippen LogP contribution in [0.15, 0.2) is 18.2 Å².